The van der Waals surface area contributed by atoms with E-state index in [4.69, 9.17) is 4.74 Å². The molecule has 0 bridgehead atoms. The molecule has 20 heavy (non-hydrogen) atoms. The lowest BCUT2D eigenvalue weighted by Gasteiger charge is -2.26. The highest BCUT2D eigenvalue weighted by Gasteiger charge is 2.09. The first kappa shape index (κ1) is 17.0. The van der Waals surface area contributed by atoms with Crippen LogP contribution in [0, 0.1) is 6.92 Å². The van der Waals surface area contributed by atoms with Crippen molar-refractivity contribution in [2.75, 3.05) is 39.4 Å². The van der Waals surface area contributed by atoms with E-state index in [9.17, 15) is 4.79 Å². The summed E-state index contributed by atoms with van der Waals surface area (Å²) in [7, 11) is 0. The number of carbonyl (C=O) groups excluding carboxylic acids is 1. The summed E-state index contributed by atoms with van der Waals surface area (Å²) in [5, 5.41) is 2.96. The monoisotopic (exact) mass is 298 g/mol. The molecular formula is C15H23ClN2O2. The summed E-state index contributed by atoms with van der Waals surface area (Å²) in [6.07, 6.45) is 0.984. The molecule has 112 valence electrons. The van der Waals surface area contributed by atoms with Gasteiger partial charge in [0.1, 0.15) is 0 Å². The maximum atomic E-state index is 11.9. The Hall–Kier alpha value is -1.10. The summed E-state index contributed by atoms with van der Waals surface area (Å²) < 4.78 is 5.30. The number of morpholine rings is 1. The molecule has 1 aliphatic heterocycles. The molecule has 0 unspecified atom stereocenters. The van der Waals surface area contributed by atoms with E-state index in [0.717, 1.165) is 51.4 Å². The lowest BCUT2D eigenvalue weighted by atomic mass is 10.1. The molecule has 0 atom stereocenters. The average molecular weight is 299 g/mol. The predicted molar refractivity (Wildman–Crippen MR) is 82.6 cm³/mol. The van der Waals surface area contributed by atoms with Crippen molar-refractivity contribution in [3.05, 3.63) is 35.4 Å². The topological polar surface area (TPSA) is 41.6 Å². The van der Waals surface area contributed by atoms with Crippen molar-refractivity contribution in [1.29, 1.82) is 0 Å². The van der Waals surface area contributed by atoms with Gasteiger partial charge in [0.2, 0.25) is 0 Å². The van der Waals surface area contributed by atoms with Gasteiger partial charge < -0.3 is 10.1 Å². The third-order valence-electron chi connectivity index (χ3n) is 3.35. The Morgan fingerprint density at radius 2 is 1.90 bits per heavy atom. The highest BCUT2D eigenvalue weighted by atomic mass is 35.5. The number of hydrogen-bond donors (Lipinski definition) is 1. The second-order valence-electron chi connectivity index (χ2n) is 4.93. The van der Waals surface area contributed by atoms with E-state index in [1.54, 1.807) is 0 Å². The molecule has 0 aromatic heterocycles. The number of halogens is 1. The van der Waals surface area contributed by atoms with E-state index in [1.807, 2.05) is 31.2 Å². The summed E-state index contributed by atoms with van der Waals surface area (Å²) in [6, 6.07) is 7.66. The van der Waals surface area contributed by atoms with Crippen LogP contribution in [0.25, 0.3) is 0 Å². The molecule has 1 amide bonds. The minimum absolute atomic E-state index is 0. The number of ether oxygens (including phenoxy) is 1. The molecule has 4 nitrogen and oxygen atoms in total. The summed E-state index contributed by atoms with van der Waals surface area (Å²) in [6.45, 7) is 7.44. The Kier molecular flexibility index (Phi) is 7.59. The normalized spacial score (nSPS) is 15.4. The molecular weight excluding hydrogens is 276 g/mol. The Labute approximate surface area is 126 Å². The number of benzene rings is 1. The molecule has 0 radical (unpaired) electrons. The largest absolute Gasteiger partial charge is 0.379 e. The molecule has 1 aromatic carbocycles. The number of aryl methyl sites for hydroxylation is 1. The number of hydrogen-bond acceptors (Lipinski definition) is 3. The molecule has 0 spiro atoms. The van der Waals surface area contributed by atoms with Crippen molar-refractivity contribution in [2.45, 2.75) is 13.3 Å². The van der Waals surface area contributed by atoms with Gasteiger partial charge in [-0.3, -0.25) is 9.69 Å². The maximum Gasteiger partial charge on any atom is 0.251 e. The smallest absolute Gasteiger partial charge is 0.251 e. The molecule has 1 aliphatic rings. The van der Waals surface area contributed by atoms with Crippen LogP contribution in [0.3, 0.4) is 0 Å². The Morgan fingerprint density at radius 3 is 2.55 bits per heavy atom. The SMILES string of the molecule is Cc1ccc(C(=O)NCCCN2CCOCC2)cc1.Cl. The van der Waals surface area contributed by atoms with Crippen molar-refractivity contribution >= 4 is 18.3 Å². The second kappa shape index (κ2) is 8.95. The predicted octanol–water partition coefficient (Wildman–Crippen LogP) is 1.87. The van der Waals surface area contributed by atoms with Gasteiger partial charge >= 0.3 is 0 Å². The van der Waals surface area contributed by atoms with E-state index >= 15 is 0 Å². The standard InChI is InChI=1S/C15H22N2O2.ClH/c1-13-3-5-14(6-4-13)15(18)16-7-2-8-17-9-11-19-12-10-17;/h3-6H,2,7-12H2,1H3,(H,16,18);1H. The van der Waals surface area contributed by atoms with Crippen LogP contribution >= 0.6 is 12.4 Å². The number of nitrogens with zero attached hydrogens (tertiary/aromatic N) is 1. The summed E-state index contributed by atoms with van der Waals surface area (Å²) in [5.41, 5.74) is 1.90. The van der Waals surface area contributed by atoms with Crippen molar-refractivity contribution in [2.24, 2.45) is 0 Å². The van der Waals surface area contributed by atoms with Crippen molar-refractivity contribution in [3.8, 4) is 0 Å². The van der Waals surface area contributed by atoms with Crippen molar-refractivity contribution in [3.63, 3.8) is 0 Å². The van der Waals surface area contributed by atoms with E-state index in [2.05, 4.69) is 10.2 Å². The minimum Gasteiger partial charge on any atom is -0.379 e. The summed E-state index contributed by atoms with van der Waals surface area (Å²) in [4.78, 5) is 14.2. The van der Waals surface area contributed by atoms with Crippen LogP contribution in [0.1, 0.15) is 22.3 Å². The van der Waals surface area contributed by atoms with Crippen LogP contribution in [-0.4, -0.2) is 50.2 Å². The molecule has 1 fully saturated rings. The van der Waals surface area contributed by atoms with E-state index in [1.165, 1.54) is 5.56 Å². The van der Waals surface area contributed by atoms with Gasteiger partial charge in [0.15, 0.2) is 0 Å². The van der Waals surface area contributed by atoms with Gasteiger partial charge in [0.25, 0.3) is 5.91 Å². The molecule has 5 heteroatoms. The van der Waals surface area contributed by atoms with Gasteiger partial charge in [-0.05, 0) is 32.0 Å². The van der Waals surface area contributed by atoms with Crippen molar-refractivity contribution < 1.29 is 9.53 Å². The first-order chi connectivity index (χ1) is 9.25. The van der Waals surface area contributed by atoms with Gasteiger partial charge in [0, 0.05) is 25.2 Å². The number of nitrogens with one attached hydrogen (secondary N) is 1. The molecule has 1 saturated heterocycles. The average Bonchev–Trinajstić information content (AvgIpc) is 2.45. The fourth-order valence-electron chi connectivity index (χ4n) is 2.14. The summed E-state index contributed by atoms with van der Waals surface area (Å²) >= 11 is 0. The van der Waals surface area contributed by atoms with Gasteiger partial charge in [-0.15, -0.1) is 12.4 Å². The lowest BCUT2D eigenvalue weighted by molar-refractivity contribution is 0.0374. The van der Waals surface area contributed by atoms with Gasteiger partial charge in [-0.2, -0.15) is 0 Å². The molecule has 0 saturated carbocycles. The van der Waals surface area contributed by atoms with Gasteiger partial charge in [-0.1, -0.05) is 17.7 Å². The third kappa shape index (κ3) is 5.49. The van der Waals surface area contributed by atoms with Crippen LogP contribution in [0.4, 0.5) is 0 Å². The number of rotatable bonds is 5. The number of carbonyl (C=O) groups is 1. The zero-order valence-corrected chi connectivity index (χ0v) is 12.7. The Morgan fingerprint density at radius 1 is 1.25 bits per heavy atom. The van der Waals surface area contributed by atoms with Crippen LogP contribution in [0.5, 0.6) is 0 Å². The third-order valence-corrected chi connectivity index (χ3v) is 3.35. The zero-order valence-electron chi connectivity index (χ0n) is 11.9. The highest BCUT2D eigenvalue weighted by molar-refractivity contribution is 5.94. The highest BCUT2D eigenvalue weighted by Crippen LogP contribution is 2.03. The van der Waals surface area contributed by atoms with Crippen molar-refractivity contribution in [1.82, 2.24) is 10.2 Å². The first-order valence-corrected chi connectivity index (χ1v) is 6.91. The lowest BCUT2D eigenvalue weighted by Crippen LogP contribution is -2.38. The van der Waals surface area contributed by atoms with Crippen LogP contribution in [-0.2, 0) is 4.74 Å². The van der Waals surface area contributed by atoms with E-state index in [0.29, 0.717) is 0 Å². The van der Waals surface area contributed by atoms with Gasteiger partial charge in [-0.25, -0.2) is 0 Å². The molecule has 1 heterocycles. The molecule has 1 aromatic rings. The number of amides is 1. The summed E-state index contributed by atoms with van der Waals surface area (Å²) in [5.74, 6) is 0.0157. The molecule has 0 aliphatic carbocycles. The molecule has 1 N–H and O–H groups in total. The maximum absolute atomic E-state index is 11.9. The Bertz CT molecular complexity index is 403. The fourth-order valence-corrected chi connectivity index (χ4v) is 2.14. The van der Waals surface area contributed by atoms with Gasteiger partial charge in [0.05, 0.1) is 13.2 Å². The van der Waals surface area contributed by atoms with Crippen LogP contribution in [0.15, 0.2) is 24.3 Å². The first-order valence-electron chi connectivity index (χ1n) is 6.91. The Balaban J connectivity index is 0.00000200. The van der Waals surface area contributed by atoms with E-state index < -0.39 is 0 Å². The minimum atomic E-state index is 0. The molecule has 2 rings (SSSR count). The van der Waals surface area contributed by atoms with E-state index in [-0.39, 0.29) is 18.3 Å². The second-order valence-corrected chi connectivity index (χ2v) is 4.93. The zero-order chi connectivity index (χ0) is 13.5. The fraction of sp³-hybridized carbons (Fsp3) is 0.533. The van der Waals surface area contributed by atoms with Crippen LogP contribution in [0.2, 0.25) is 0 Å². The van der Waals surface area contributed by atoms with Crippen LogP contribution < -0.4 is 5.32 Å². The quantitative estimate of drug-likeness (QED) is 0.844.